The van der Waals surface area contributed by atoms with Gasteiger partial charge in [0.25, 0.3) is 0 Å². The average Bonchev–Trinajstić information content (AvgIpc) is 2.72. The van der Waals surface area contributed by atoms with Crippen molar-refractivity contribution in [1.82, 2.24) is 0 Å². The molecule has 4 heteroatoms. The highest BCUT2D eigenvalue weighted by atomic mass is 16.5. The van der Waals surface area contributed by atoms with Crippen LogP contribution in [-0.2, 0) is 15.1 Å². The molecule has 1 aliphatic rings. The van der Waals surface area contributed by atoms with Gasteiger partial charge in [0.15, 0.2) is 0 Å². The van der Waals surface area contributed by atoms with Crippen molar-refractivity contribution in [3.8, 4) is 23.3 Å². The first-order valence-corrected chi connectivity index (χ1v) is 8.75. The van der Waals surface area contributed by atoms with Crippen molar-refractivity contribution in [3.63, 3.8) is 0 Å². The Morgan fingerprint density at radius 2 is 1.73 bits per heavy atom. The molecule has 0 amide bonds. The van der Waals surface area contributed by atoms with Crippen LogP contribution in [0.3, 0.4) is 0 Å². The maximum absolute atomic E-state index is 5.88. The van der Waals surface area contributed by atoms with Gasteiger partial charge >= 0.3 is 0 Å². The van der Waals surface area contributed by atoms with Crippen molar-refractivity contribution in [3.05, 3.63) is 59.7 Å². The Morgan fingerprint density at radius 1 is 1.00 bits per heavy atom. The summed E-state index contributed by atoms with van der Waals surface area (Å²) in [5, 5.41) is 0. The summed E-state index contributed by atoms with van der Waals surface area (Å²) in [5.41, 5.74) is 1.66. The van der Waals surface area contributed by atoms with Gasteiger partial charge in [0.2, 0.25) is 0 Å². The summed E-state index contributed by atoms with van der Waals surface area (Å²) >= 11 is 0. The van der Waals surface area contributed by atoms with Crippen molar-refractivity contribution in [1.29, 1.82) is 0 Å². The third-order valence-corrected chi connectivity index (χ3v) is 4.65. The monoisotopic (exact) mass is 352 g/mol. The Bertz CT molecular complexity index is 768. The summed E-state index contributed by atoms with van der Waals surface area (Å²) in [6, 6.07) is 15.8. The quantitative estimate of drug-likeness (QED) is 0.768. The van der Waals surface area contributed by atoms with Crippen LogP contribution < -0.4 is 9.47 Å². The SMILES string of the molecule is COc1cc(OCC#Cc2ccccc2)cc(C2(OC)CCOCC2)c1. The van der Waals surface area contributed by atoms with Gasteiger partial charge in [-0.1, -0.05) is 30.0 Å². The summed E-state index contributed by atoms with van der Waals surface area (Å²) in [6.45, 7) is 1.68. The van der Waals surface area contributed by atoms with E-state index in [1.165, 1.54) is 0 Å². The van der Waals surface area contributed by atoms with Gasteiger partial charge in [-0.2, -0.15) is 0 Å². The minimum Gasteiger partial charge on any atom is -0.497 e. The van der Waals surface area contributed by atoms with Crippen molar-refractivity contribution in [2.24, 2.45) is 0 Å². The average molecular weight is 352 g/mol. The molecule has 0 atom stereocenters. The lowest BCUT2D eigenvalue weighted by Gasteiger charge is -2.36. The van der Waals surface area contributed by atoms with Crippen molar-refractivity contribution >= 4 is 0 Å². The van der Waals surface area contributed by atoms with Gasteiger partial charge in [-0.25, -0.2) is 0 Å². The van der Waals surface area contributed by atoms with Crippen LogP contribution >= 0.6 is 0 Å². The molecule has 2 aromatic rings. The third kappa shape index (κ3) is 4.37. The summed E-state index contributed by atoms with van der Waals surface area (Å²) in [4.78, 5) is 0. The first-order valence-electron chi connectivity index (χ1n) is 8.75. The molecule has 4 nitrogen and oxygen atoms in total. The van der Waals surface area contributed by atoms with Gasteiger partial charge in [0.1, 0.15) is 18.1 Å². The second-order valence-corrected chi connectivity index (χ2v) is 6.16. The third-order valence-electron chi connectivity index (χ3n) is 4.65. The number of rotatable bonds is 5. The van der Waals surface area contributed by atoms with Crippen LogP contribution in [0.4, 0.5) is 0 Å². The van der Waals surface area contributed by atoms with Crippen LogP contribution in [0.15, 0.2) is 48.5 Å². The van der Waals surface area contributed by atoms with Gasteiger partial charge in [-0.15, -0.1) is 0 Å². The highest BCUT2D eigenvalue weighted by Gasteiger charge is 2.35. The maximum atomic E-state index is 5.88. The maximum Gasteiger partial charge on any atom is 0.149 e. The fourth-order valence-electron chi connectivity index (χ4n) is 3.13. The molecule has 0 aromatic heterocycles. The number of ether oxygens (including phenoxy) is 4. The molecule has 2 aromatic carbocycles. The van der Waals surface area contributed by atoms with Crippen molar-refractivity contribution in [2.75, 3.05) is 34.0 Å². The zero-order valence-electron chi connectivity index (χ0n) is 15.3. The molecule has 1 fully saturated rings. The van der Waals surface area contributed by atoms with E-state index in [1.807, 2.05) is 48.5 Å². The van der Waals surface area contributed by atoms with Crippen LogP contribution in [0, 0.1) is 11.8 Å². The van der Waals surface area contributed by atoms with E-state index in [2.05, 4.69) is 11.8 Å². The molecular weight excluding hydrogens is 328 g/mol. The lowest BCUT2D eigenvalue weighted by molar-refractivity contribution is -0.0949. The Hall–Kier alpha value is -2.48. The predicted octanol–water partition coefficient (Wildman–Crippen LogP) is 3.78. The van der Waals surface area contributed by atoms with Gasteiger partial charge in [0, 0.05) is 44.8 Å². The van der Waals surface area contributed by atoms with Crippen molar-refractivity contribution in [2.45, 2.75) is 18.4 Å². The minimum atomic E-state index is -0.360. The molecule has 0 bridgehead atoms. The summed E-state index contributed by atoms with van der Waals surface area (Å²) in [7, 11) is 3.40. The van der Waals surface area contributed by atoms with Gasteiger partial charge in [-0.05, 0) is 29.8 Å². The molecule has 0 unspecified atom stereocenters. The molecule has 0 saturated carbocycles. The lowest BCUT2D eigenvalue weighted by Crippen LogP contribution is -2.35. The molecular formula is C22H24O4. The fourth-order valence-corrected chi connectivity index (χ4v) is 3.13. The van der Waals surface area contributed by atoms with E-state index >= 15 is 0 Å². The number of methoxy groups -OCH3 is 2. The number of benzene rings is 2. The van der Waals surface area contributed by atoms with E-state index in [9.17, 15) is 0 Å². The van der Waals surface area contributed by atoms with Gasteiger partial charge in [0.05, 0.1) is 12.7 Å². The highest BCUT2D eigenvalue weighted by molar-refractivity contribution is 5.42. The first kappa shape index (κ1) is 18.3. The van der Waals surface area contributed by atoms with Crippen LogP contribution in [0.5, 0.6) is 11.5 Å². The zero-order valence-corrected chi connectivity index (χ0v) is 15.3. The molecule has 1 aliphatic heterocycles. The minimum absolute atomic E-state index is 0.310. The van der Waals surface area contributed by atoms with Gasteiger partial charge in [-0.3, -0.25) is 0 Å². The summed E-state index contributed by atoms with van der Waals surface area (Å²) in [5.74, 6) is 7.61. The van der Waals surface area contributed by atoms with Crippen LogP contribution in [0.2, 0.25) is 0 Å². The van der Waals surface area contributed by atoms with Crippen LogP contribution in [0.1, 0.15) is 24.0 Å². The Morgan fingerprint density at radius 3 is 2.42 bits per heavy atom. The highest BCUT2D eigenvalue weighted by Crippen LogP contribution is 2.39. The van der Waals surface area contributed by atoms with Gasteiger partial charge < -0.3 is 18.9 Å². The number of hydrogen-bond acceptors (Lipinski definition) is 4. The van der Waals surface area contributed by atoms with E-state index in [-0.39, 0.29) is 5.60 Å². The van der Waals surface area contributed by atoms with E-state index < -0.39 is 0 Å². The molecule has 26 heavy (non-hydrogen) atoms. The molecule has 0 aliphatic carbocycles. The van der Waals surface area contributed by atoms with Crippen LogP contribution in [-0.4, -0.2) is 34.0 Å². The molecule has 3 rings (SSSR count). The number of hydrogen-bond donors (Lipinski definition) is 0. The largest absolute Gasteiger partial charge is 0.497 e. The normalized spacial score (nSPS) is 15.6. The van der Waals surface area contributed by atoms with E-state index in [0.717, 1.165) is 35.5 Å². The first-order chi connectivity index (χ1) is 12.8. The molecule has 1 heterocycles. The Labute approximate surface area is 155 Å². The van der Waals surface area contributed by atoms with E-state index in [0.29, 0.717) is 19.8 Å². The molecule has 136 valence electrons. The van der Waals surface area contributed by atoms with Crippen LogP contribution in [0.25, 0.3) is 0 Å². The van der Waals surface area contributed by atoms with E-state index in [1.54, 1.807) is 14.2 Å². The lowest BCUT2D eigenvalue weighted by atomic mass is 9.86. The summed E-state index contributed by atoms with van der Waals surface area (Å²) in [6.07, 6.45) is 1.62. The second-order valence-electron chi connectivity index (χ2n) is 6.16. The molecule has 0 N–H and O–H groups in total. The zero-order chi connectivity index (χ0) is 18.2. The molecule has 0 spiro atoms. The Balaban J connectivity index is 1.76. The van der Waals surface area contributed by atoms with E-state index in [4.69, 9.17) is 18.9 Å². The topological polar surface area (TPSA) is 36.9 Å². The standard InChI is InChI=1S/C22H24O4/c1-23-20-15-19(22(24-2)10-13-25-14-11-22)16-21(17-20)26-12-6-9-18-7-4-3-5-8-18/h3-5,7-8,15-17H,10-14H2,1-2H3. The molecule has 1 saturated heterocycles. The predicted molar refractivity (Wildman–Crippen MR) is 101 cm³/mol. The fraction of sp³-hybridized carbons (Fsp3) is 0.364. The Kier molecular flexibility index (Phi) is 6.17. The molecule has 0 radical (unpaired) electrons. The smallest absolute Gasteiger partial charge is 0.149 e. The van der Waals surface area contributed by atoms with Crippen molar-refractivity contribution < 1.29 is 18.9 Å². The summed E-state index contributed by atoms with van der Waals surface area (Å²) < 4.78 is 22.7. The second kappa shape index (κ2) is 8.75.